The Morgan fingerprint density at radius 1 is 1.32 bits per heavy atom. The van der Waals surface area contributed by atoms with E-state index in [2.05, 4.69) is 39.3 Å². The Morgan fingerprint density at radius 3 is 2.91 bits per heavy atom. The summed E-state index contributed by atoms with van der Waals surface area (Å²) in [5.41, 5.74) is 3.57. The van der Waals surface area contributed by atoms with E-state index in [1.807, 2.05) is 6.07 Å². The quantitative estimate of drug-likeness (QED) is 0.392. The van der Waals surface area contributed by atoms with Gasteiger partial charge >= 0.3 is 0 Å². The molecule has 5 rings (SSSR count). The van der Waals surface area contributed by atoms with E-state index >= 15 is 0 Å². The summed E-state index contributed by atoms with van der Waals surface area (Å²) in [6, 6.07) is 4.02. The highest BCUT2D eigenvalue weighted by Crippen LogP contribution is 2.28. The van der Waals surface area contributed by atoms with Crippen molar-refractivity contribution < 1.29 is 14.4 Å². The lowest BCUT2D eigenvalue weighted by atomic mass is 10.1. The maximum atomic E-state index is 13.1. The van der Waals surface area contributed by atoms with Crippen molar-refractivity contribution in [2.24, 2.45) is 4.99 Å². The van der Waals surface area contributed by atoms with Crippen molar-refractivity contribution in [1.82, 2.24) is 24.9 Å². The van der Waals surface area contributed by atoms with Gasteiger partial charge in [0.25, 0.3) is 0 Å². The van der Waals surface area contributed by atoms with Crippen LogP contribution in [0.15, 0.2) is 29.4 Å². The van der Waals surface area contributed by atoms with Crippen molar-refractivity contribution in [1.29, 1.82) is 0 Å². The van der Waals surface area contributed by atoms with Crippen LogP contribution in [0.4, 0.5) is 21.8 Å². The molecule has 10 nitrogen and oxygen atoms in total. The number of carbonyl (C=O) groups is 1. The van der Waals surface area contributed by atoms with Gasteiger partial charge in [0, 0.05) is 23.9 Å². The second kappa shape index (κ2) is 8.88. The van der Waals surface area contributed by atoms with E-state index in [0.29, 0.717) is 42.3 Å². The molecule has 0 bridgehead atoms. The predicted octanol–water partition coefficient (Wildman–Crippen LogP) is 2.83. The number of fused-ring (bicyclic) bond motifs is 1. The third kappa shape index (κ3) is 4.13. The van der Waals surface area contributed by atoms with Crippen LogP contribution in [0.25, 0.3) is 0 Å². The first-order valence-corrected chi connectivity index (χ1v) is 11.5. The Labute approximate surface area is 195 Å². The highest BCUT2D eigenvalue weighted by atomic mass is 19.1. The van der Waals surface area contributed by atoms with Gasteiger partial charge in [-0.05, 0) is 50.2 Å². The zero-order chi connectivity index (χ0) is 23.8. The summed E-state index contributed by atoms with van der Waals surface area (Å²) < 4.78 is 14.2. The number of pyridine rings is 1. The lowest BCUT2D eigenvalue weighted by molar-refractivity contribution is -0.117. The van der Waals surface area contributed by atoms with Gasteiger partial charge in [-0.3, -0.25) is 9.89 Å². The monoisotopic (exact) mass is 466 g/mol. The second-order valence-corrected chi connectivity index (χ2v) is 8.98. The number of hydrogen-bond donors (Lipinski definition) is 3. The number of nitrogens with zero attached hydrogens (tertiary/aromatic N) is 6. The van der Waals surface area contributed by atoms with Gasteiger partial charge in [-0.15, -0.1) is 0 Å². The zero-order valence-electron chi connectivity index (χ0n) is 19.1. The van der Waals surface area contributed by atoms with Gasteiger partial charge < -0.3 is 15.4 Å². The second-order valence-electron chi connectivity index (χ2n) is 8.98. The number of H-pyrrole nitrogens is 1. The zero-order valence-corrected chi connectivity index (χ0v) is 19.1. The van der Waals surface area contributed by atoms with Crippen molar-refractivity contribution in [3.63, 3.8) is 0 Å². The molecule has 1 atom stereocenters. The predicted molar refractivity (Wildman–Crippen MR) is 123 cm³/mol. The van der Waals surface area contributed by atoms with E-state index in [1.165, 1.54) is 18.3 Å². The molecule has 0 spiro atoms. The standard InChI is InChI=1S/C23H27FN8O2/c1-13(2)16-11-20(30-29-16)27-21-15-5-3-6-17(15)32(34)23(28-21)31-10-4-7-18(31)22(33)26-14-8-9-19(24)25-12-14/h8-9,11-13,18,34H,3-7,10H2,1-2H3,(H,26,33)(H,29,30). The van der Waals surface area contributed by atoms with E-state index < -0.39 is 12.0 Å². The molecule has 0 radical (unpaired) electrons. The van der Waals surface area contributed by atoms with E-state index in [1.54, 1.807) is 4.90 Å². The first-order valence-electron chi connectivity index (χ1n) is 11.5. The number of amides is 1. The van der Waals surface area contributed by atoms with Crippen LogP contribution in [0.5, 0.6) is 0 Å². The van der Waals surface area contributed by atoms with Crippen molar-refractivity contribution >= 4 is 23.4 Å². The van der Waals surface area contributed by atoms with Crippen LogP contribution < -0.4 is 15.7 Å². The number of rotatable bonds is 5. The lowest BCUT2D eigenvalue weighted by Crippen LogP contribution is -2.42. The van der Waals surface area contributed by atoms with Gasteiger partial charge in [0.05, 0.1) is 17.6 Å². The van der Waals surface area contributed by atoms with Crippen LogP contribution in [0, 0.1) is 5.95 Å². The minimum absolute atomic E-state index is 0.263. The molecule has 1 unspecified atom stereocenters. The number of anilines is 2. The summed E-state index contributed by atoms with van der Waals surface area (Å²) in [5.74, 6) is 0.236. The topological polar surface area (TPSA) is 124 Å². The van der Waals surface area contributed by atoms with Crippen molar-refractivity contribution in [3.05, 3.63) is 52.8 Å². The van der Waals surface area contributed by atoms with E-state index in [4.69, 9.17) is 4.98 Å². The van der Waals surface area contributed by atoms with Crippen molar-refractivity contribution in [3.8, 4) is 0 Å². The number of nitrogens with one attached hydrogen (secondary N) is 2. The van der Waals surface area contributed by atoms with Crippen molar-refractivity contribution in [2.45, 2.75) is 57.9 Å². The molecule has 1 aliphatic heterocycles. The fraction of sp³-hybridized carbons (Fsp3) is 0.435. The molecule has 3 aromatic heterocycles. The fourth-order valence-corrected chi connectivity index (χ4v) is 4.55. The van der Waals surface area contributed by atoms with Crippen LogP contribution in [0.1, 0.15) is 56.0 Å². The molecule has 1 saturated heterocycles. The fourth-order valence-electron chi connectivity index (χ4n) is 4.55. The smallest absolute Gasteiger partial charge is 0.247 e. The van der Waals surface area contributed by atoms with Gasteiger partial charge in [-0.1, -0.05) is 13.8 Å². The minimum Gasteiger partial charge on any atom is -0.425 e. The van der Waals surface area contributed by atoms with Crippen molar-refractivity contribution in [2.75, 3.05) is 16.8 Å². The summed E-state index contributed by atoms with van der Waals surface area (Å²) in [6.45, 7) is 4.71. The Balaban J connectivity index is 1.50. The molecular formula is C23H27FN8O2. The Bertz CT molecular complexity index is 1280. The van der Waals surface area contributed by atoms with Gasteiger partial charge in [-0.25, -0.2) is 9.98 Å². The van der Waals surface area contributed by atoms with Crippen LogP contribution in [0.2, 0.25) is 0 Å². The number of hydrogen-bond acceptors (Lipinski definition) is 7. The molecule has 34 heavy (non-hydrogen) atoms. The molecule has 11 heteroatoms. The summed E-state index contributed by atoms with van der Waals surface area (Å²) in [4.78, 5) is 27.8. The molecule has 3 aromatic rings. The van der Waals surface area contributed by atoms with Crippen LogP contribution >= 0.6 is 0 Å². The number of aromatic nitrogens is 5. The average molecular weight is 467 g/mol. The van der Waals surface area contributed by atoms with Crippen LogP contribution in [-0.2, 0) is 17.6 Å². The van der Waals surface area contributed by atoms with Gasteiger partial charge in [0.2, 0.25) is 17.8 Å². The van der Waals surface area contributed by atoms with Crippen LogP contribution in [0.3, 0.4) is 0 Å². The molecule has 1 fully saturated rings. The highest BCUT2D eigenvalue weighted by Gasteiger charge is 2.35. The molecular weight excluding hydrogens is 439 g/mol. The Morgan fingerprint density at radius 2 is 2.18 bits per heavy atom. The highest BCUT2D eigenvalue weighted by molar-refractivity contribution is 5.96. The molecule has 1 amide bonds. The largest absolute Gasteiger partial charge is 0.425 e. The molecule has 0 saturated carbocycles. The minimum atomic E-state index is -0.613. The van der Waals surface area contributed by atoms with E-state index in [0.717, 1.165) is 40.9 Å². The summed E-state index contributed by atoms with van der Waals surface area (Å²) in [7, 11) is 0. The third-order valence-electron chi connectivity index (χ3n) is 6.34. The van der Waals surface area contributed by atoms with Gasteiger partial charge in [-0.2, -0.15) is 19.2 Å². The first-order chi connectivity index (χ1) is 16.4. The number of carbonyl (C=O) groups excluding carboxylic acids is 1. The Hall–Kier alpha value is -3.76. The normalized spacial score (nSPS) is 18.1. The molecule has 0 aromatic carbocycles. The summed E-state index contributed by atoms with van der Waals surface area (Å²) in [5, 5.41) is 21.1. The third-order valence-corrected chi connectivity index (χ3v) is 6.34. The van der Waals surface area contributed by atoms with Gasteiger partial charge in [0.15, 0.2) is 11.3 Å². The average Bonchev–Trinajstić information content (AvgIpc) is 3.57. The number of aromatic amines is 1. The number of halogens is 1. The van der Waals surface area contributed by atoms with Crippen LogP contribution in [-0.4, -0.2) is 48.6 Å². The molecule has 3 N–H and O–H groups in total. The molecule has 1 aliphatic carbocycles. The Kier molecular flexibility index (Phi) is 5.76. The van der Waals surface area contributed by atoms with E-state index in [-0.39, 0.29) is 11.9 Å². The maximum Gasteiger partial charge on any atom is 0.247 e. The maximum absolute atomic E-state index is 13.1. The lowest BCUT2D eigenvalue weighted by Gasteiger charge is -2.26. The van der Waals surface area contributed by atoms with Gasteiger partial charge in [0.1, 0.15) is 6.04 Å². The summed E-state index contributed by atoms with van der Waals surface area (Å²) in [6.07, 6.45) is 5.00. The molecule has 178 valence electrons. The molecule has 4 heterocycles. The molecule has 2 aliphatic rings. The first kappa shape index (κ1) is 22.1. The SMILES string of the molecule is CC(C)c1cc(N=c2nc(N3CCCC3C(=O)Nc3ccc(F)nc3)n(O)c3c2CCC3)n[nH]1. The van der Waals surface area contributed by atoms with E-state index in [9.17, 15) is 14.4 Å². The summed E-state index contributed by atoms with van der Waals surface area (Å²) >= 11 is 0.